The lowest BCUT2D eigenvalue weighted by atomic mass is 9.83. The van der Waals surface area contributed by atoms with Crippen LogP contribution >= 0.6 is 0 Å². The number of hydrogen-bond donors (Lipinski definition) is 1. The summed E-state index contributed by atoms with van der Waals surface area (Å²) < 4.78 is 228. The van der Waals surface area contributed by atoms with E-state index in [0.29, 0.717) is 18.8 Å². The van der Waals surface area contributed by atoms with Crippen molar-refractivity contribution in [3.05, 3.63) is 29.8 Å². The number of benzene rings is 1. The van der Waals surface area contributed by atoms with Crippen molar-refractivity contribution in [2.24, 2.45) is 0 Å². The Morgan fingerprint density at radius 3 is 1.20 bits per heavy atom. The molecular formula is C21H20F17NO. The number of alkyl halides is 17. The van der Waals surface area contributed by atoms with Crippen LogP contribution in [0.3, 0.4) is 0 Å². The van der Waals surface area contributed by atoms with E-state index in [9.17, 15) is 79.7 Å². The van der Waals surface area contributed by atoms with Gasteiger partial charge in [-0.2, -0.15) is 74.6 Å². The van der Waals surface area contributed by atoms with Crippen LogP contribution in [0.1, 0.15) is 32.8 Å². The van der Waals surface area contributed by atoms with Gasteiger partial charge in [-0.25, -0.2) is 0 Å². The molecule has 0 bridgehead atoms. The van der Waals surface area contributed by atoms with Crippen molar-refractivity contribution in [3.8, 4) is 0 Å². The van der Waals surface area contributed by atoms with Crippen molar-refractivity contribution in [1.82, 2.24) is 0 Å². The second-order valence-corrected chi connectivity index (χ2v) is 8.82. The van der Waals surface area contributed by atoms with Crippen LogP contribution in [-0.4, -0.2) is 65.8 Å². The Balaban J connectivity index is 3.55. The zero-order valence-electron chi connectivity index (χ0n) is 20.3. The van der Waals surface area contributed by atoms with Gasteiger partial charge in [0.25, 0.3) is 0 Å². The largest absolute Gasteiger partial charge is 0.460 e. The summed E-state index contributed by atoms with van der Waals surface area (Å²) in [4.78, 5) is 1.64. The predicted molar refractivity (Wildman–Crippen MR) is 105 cm³/mol. The zero-order valence-corrected chi connectivity index (χ0v) is 20.3. The molecule has 1 aromatic rings. The highest BCUT2D eigenvalue weighted by Gasteiger charge is 2.95. The van der Waals surface area contributed by atoms with Crippen molar-refractivity contribution in [2.45, 2.75) is 80.4 Å². The molecule has 1 rings (SSSR count). The van der Waals surface area contributed by atoms with E-state index in [1.54, 1.807) is 18.7 Å². The van der Waals surface area contributed by atoms with Gasteiger partial charge in [0.2, 0.25) is 0 Å². The fourth-order valence-electron chi connectivity index (χ4n) is 3.46. The van der Waals surface area contributed by atoms with Crippen LogP contribution in [0.2, 0.25) is 0 Å². The van der Waals surface area contributed by atoms with Gasteiger partial charge in [0.15, 0.2) is 0 Å². The normalized spacial score (nSPS) is 16.6. The van der Waals surface area contributed by atoms with Gasteiger partial charge in [0, 0.05) is 18.8 Å². The highest BCUT2D eigenvalue weighted by atomic mass is 19.4. The molecule has 1 atom stereocenters. The Hall–Kier alpha value is -2.21. The summed E-state index contributed by atoms with van der Waals surface area (Å²) in [6.07, 6.45) is -10.8. The molecular weight excluding hydrogens is 605 g/mol. The number of anilines is 1. The van der Waals surface area contributed by atoms with Crippen LogP contribution in [0.5, 0.6) is 0 Å². The second-order valence-electron chi connectivity index (χ2n) is 8.82. The number of hydrogen-bond acceptors (Lipinski definition) is 2. The standard InChI is InChI=1S/C21H20F17NO/c1-4-39(5-2)12-8-6-11(7-9-12)13(3,40)10-14(22,23)15(24,25)16(26,27)17(28,29)18(30,31)19(32,33)20(34,35)21(36,37)38/h6-9,40H,4-5,10H2,1-3H3. The monoisotopic (exact) mass is 625 g/mol. The topological polar surface area (TPSA) is 23.5 Å². The van der Waals surface area contributed by atoms with E-state index in [-0.39, 0.29) is 6.92 Å². The third-order valence-corrected chi connectivity index (χ3v) is 5.97. The fourth-order valence-corrected chi connectivity index (χ4v) is 3.46. The first-order valence-electron chi connectivity index (χ1n) is 10.7. The van der Waals surface area contributed by atoms with Crippen LogP contribution in [0.15, 0.2) is 24.3 Å². The van der Waals surface area contributed by atoms with Crippen LogP contribution < -0.4 is 4.90 Å². The number of aliphatic hydroxyl groups is 1. The summed E-state index contributed by atoms with van der Waals surface area (Å²) in [5.41, 5.74) is -3.71. The minimum absolute atomic E-state index is 0.270. The lowest BCUT2D eigenvalue weighted by molar-refractivity contribution is -0.462. The molecule has 0 aliphatic rings. The molecule has 1 N–H and O–H groups in total. The highest BCUT2D eigenvalue weighted by Crippen LogP contribution is 2.64. The molecule has 1 unspecified atom stereocenters. The quantitative estimate of drug-likeness (QED) is 0.237. The van der Waals surface area contributed by atoms with Gasteiger partial charge in [0.1, 0.15) is 0 Å². The van der Waals surface area contributed by atoms with E-state index in [4.69, 9.17) is 0 Å². The van der Waals surface area contributed by atoms with Crippen molar-refractivity contribution >= 4 is 5.69 Å². The Kier molecular flexibility index (Phi) is 9.18. The van der Waals surface area contributed by atoms with Crippen molar-refractivity contribution in [3.63, 3.8) is 0 Å². The summed E-state index contributed by atoms with van der Waals surface area (Å²) in [5.74, 6) is -57.1. The Morgan fingerprint density at radius 2 is 0.875 bits per heavy atom. The molecule has 0 saturated carbocycles. The molecule has 0 saturated heterocycles. The predicted octanol–water partition coefficient (Wildman–Crippen LogP) is 8.14. The Bertz CT molecular complexity index is 1010. The van der Waals surface area contributed by atoms with Crippen molar-refractivity contribution in [2.75, 3.05) is 18.0 Å². The highest BCUT2D eigenvalue weighted by molar-refractivity contribution is 5.48. The molecule has 0 aromatic heterocycles. The first-order valence-corrected chi connectivity index (χ1v) is 10.7. The Morgan fingerprint density at radius 1 is 0.550 bits per heavy atom. The van der Waals surface area contributed by atoms with E-state index in [0.717, 1.165) is 24.3 Å². The average Bonchev–Trinajstić information content (AvgIpc) is 2.78. The minimum atomic E-state index is -8.69. The molecule has 0 spiro atoms. The SMILES string of the molecule is CCN(CC)c1ccc(C(C)(O)CC(F)(F)C(F)(F)C(F)(F)C(F)(F)C(F)(F)C(F)(F)C(F)(F)C(F)(F)F)cc1. The van der Waals surface area contributed by atoms with E-state index >= 15 is 0 Å². The number of nitrogens with zero attached hydrogens (tertiary/aromatic N) is 1. The number of halogens is 17. The summed E-state index contributed by atoms with van der Waals surface area (Å²) in [7, 11) is 0. The fraction of sp³-hybridized carbons (Fsp3) is 0.714. The van der Waals surface area contributed by atoms with Gasteiger partial charge < -0.3 is 10.0 Å². The first-order chi connectivity index (χ1) is 17.4. The van der Waals surface area contributed by atoms with Crippen LogP contribution in [0.4, 0.5) is 80.3 Å². The molecule has 234 valence electrons. The molecule has 40 heavy (non-hydrogen) atoms. The minimum Gasteiger partial charge on any atom is -0.385 e. The van der Waals surface area contributed by atoms with E-state index in [1.165, 1.54) is 0 Å². The summed E-state index contributed by atoms with van der Waals surface area (Å²) in [5, 5.41) is 10.2. The summed E-state index contributed by atoms with van der Waals surface area (Å²) in [6.45, 7) is 4.40. The van der Waals surface area contributed by atoms with Gasteiger partial charge in [-0.05, 0) is 38.5 Å². The van der Waals surface area contributed by atoms with Gasteiger partial charge >= 0.3 is 47.6 Å². The maximum Gasteiger partial charge on any atom is 0.460 e. The van der Waals surface area contributed by atoms with Gasteiger partial charge in [-0.1, -0.05) is 12.1 Å². The smallest absolute Gasteiger partial charge is 0.385 e. The third-order valence-electron chi connectivity index (χ3n) is 5.97. The number of rotatable bonds is 12. The molecule has 0 fully saturated rings. The van der Waals surface area contributed by atoms with Gasteiger partial charge in [0.05, 0.1) is 12.0 Å². The van der Waals surface area contributed by atoms with E-state index in [2.05, 4.69) is 0 Å². The molecule has 0 aliphatic carbocycles. The summed E-state index contributed by atoms with van der Waals surface area (Å²) in [6, 6.07) is 3.86. The molecule has 19 heteroatoms. The third kappa shape index (κ3) is 5.26. The lowest BCUT2D eigenvalue weighted by Gasteiger charge is -2.43. The second kappa shape index (κ2) is 10.3. The van der Waals surface area contributed by atoms with Crippen molar-refractivity contribution in [1.29, 1.82) is 0 Å². The van der Waals surface area contributed by atoms with Crippen LogP contribution in [-0.2, 0) is 5.60 Å². The maximum atomic E-state index is 14.3. The molecule has 0 aliphatic heterocycles. The van der Waals surface area contributed by atoms with Crippen LogP contribution in [0.25, 0.3) is 0 Å². The van der Waals surface area contributed by atoms with Crippen molar-refractivity contribution < 1.29 is 79.7 Å². The molecule has 0 heterocycles. The van der Waals surface area contributed by atoms with Crippen LogP contribution in [0, 0.1) is 0 Å². The Labute approximate surface area is 214 Å². The zero-order chi connectivity index (χ0) is 32.2. The van der Waals surface area contributed by atoms with Gasteiger partial charge in [-0.15, -0.1) is 0 Å². The van der Waals surface area contributed by atoms with E-state index in [1.807, 2.05) is 0 Å². The lowest BCUT2D eigenvalue weighted by Crippen LogP contribution is -2.74. The molecule has 0 radical (unpaired) electrons. The summed E-state index contributed by atoms with van der Waals surface area (Å²) >= 11 is 0. The molecule has 2 nitrogen and oxygen atoms in total. The first kappa shape index (κ1) is 35.8. The average molecular weight is 625 g/mol. The maximum absolute atomic E-state index is 14.3. The molecule has 1 aromatic carbocycles. The molecule has 0 amide bonds. The van der Waals surface area contributed by atoms with Gasteiger partial charge in [-0.3, -0.25) is 0 Å². The van der Waals surface area contributed by atoms with E-state index < -0.39 is 65.2 Å².